The lowest BCUT2D eigenvalue weighted by Crippen LogP contribution is -2.07. The number of fused-ring (bicyclic) bond motifs is 1. The van der Waals surface area contributed by atoms with Gasteiger partial charge in [0, 0.05) is 30.6 Å². The van der Waals surface area contributed by atoms with Gasteiger partial charge >= 0.3 is 0 Å². The van der Waals surface area contributed by atoms with E-state index in [1.54, 1.807) is 10.8 Å². The summed E-state index contributed by atoms with van der Waals surface area (Å²) in [6.45, 7) is 1.41. The van der Waals surface area contributed by atoms with E-state index in [0.29, 0.717) is 5.65 Å². The predicted molar refractivity (Wildman–Crippen MR) is 90.4 cm³/mol. The van der Waals surface area contributed by atoms with E-state index in [-0.39, 0.29) is 11.9 Å². The van der Waals surface area contributed by atoms with E-state index in [1.165, 1.54) is 6.92 Å². The maximum Gasteiger partial charge on any atom is 0.249 e. The second-order valence-electron chi connectivity index (χ2n) is 4.97. The van der Waals surface area contributed by atoms with Gasteiger partial charge in [0.25, 0.3) is 0 Å². The number of hydrogen-bond acceptors (Lipinski definition) is 4. The van der Waals surface area contributed by atoms with Crippen molar-refractivity contribution >= 4 is 34.2 Å². The molecule has 0 spiro atoms. The van der Waals surface area contributed by atoms with Gasteiger partial charge < -0.3 is 4.72 Å². The molecule has 3 rings (SSSR count). The number of carbonyl (C=O) groups is 1. The van der Waals surface area contributed by atoms with Crippen LogP contribution in [0.15, 0.2) is 42.6 Å². The van der Waals surface area contributed by atoms with Gasteiger partial charge in [-0.15, -0.1) is 5.10 Å². The van der Waals surface area contributed by atoms with Gasteiger partial charge in [-0.25, -0.2) is 8.72 Å². The average Bonchev–Trinajstić information content (AvgIpc) is 2.87. The number of amides is 1. The third kappa shape index (κ3) is 3.54. The molecule has 2 aromatic heterocycles. The maximum atomic E-state index is 11.3. The summed E-state index contributed by atoms with van der Waals surface area (Å²) in [5.41, 5.74) is 3.31. The van der Waals surface area contributed by atoms with E-state index >= 15 is 0 Å². The van der Waals surface area contributed by atoms with E-state index < -0.39 is 11.0 Å². The molecule has 0 aliphatic heterocycles. The third-order valence-corrected chi connectivity index (χ3v) is 3.60. The molecule has 1 aromatic carbocycles. The van der Waals surface area contributed by atoms with Crippen LogP contribution in [-0.4, -0.2) is 31.0 Å². The first-order chi connectivity index (χ1) is 11.0. The summed E-state index contributed by atoms with van der Waals surface area (Å²) in [6, 6.07) is 11.4. The van der Waals surface area contributed by atoms with Crippen molar-refractivity contribution in [2.24, 2.45) is 0 Å². The molecule has 0 bridgehead atoms. The van der Waals surface area contributed by atoms with Crippen molar-refractivity contribution in [2.75, 3.05) is 16.3 Å². The largest absolute Gasteiger partial charge is 0.305 e. The smallest absolute Gasteiger partial charge is 0.249 e. The zero-order valence-corrected chi connectivity index (χ0v) is 13.4. The van der Waals surface area contributed by atoms with Crippen molar-refractivity contribution in [3.8, 4) is 11.1 Å². The van der Waals surface area contributed by atoms with E-state index in [0.717, 1.165) is 16.8 Å². The summed E-state index contributed by atoms with van der Waals surface area (Å²) in [7, 11) is -1.12. The molecule has 1 unspecified atom stereocenters. The van der Waals surface area contributed by atoms with Crippen LogP contribution in [0.5, 0.6) is 0 Å². The van der Waals surface area contributed by atoms with E-state index in [9.17, 15) is 9.00 Å². The molecule has 3 aromatic rings. The monoisotopic (exact) mass is 329 g/mol. The number of pyridine rings is 1. The minimum Gasteiger partial charge on any atom is -0.305 e. The van der Waals surface area contributed by atoms with E-state index in [1.807, 2.05) is 42.6 Å². The minimum absolute atomic E-state index is 0.215. The fourth-order valence-electron chi connectivity index (χ4n) is 2.19. The zero-order chi connectivity index (χ0) is 16.4. The predicted octanol–water partition coefficient (Wildman–Crippen LogP) is 2.06. The fraction of sp³-hybridized carbons (Fsp3) is 0.133. The van der Waals surface area contributed by atoms with Crippen molar-refractivity contribution in [3.63, 3.8) is 0 Å². The first-order valence-corrected chi connectivity index (χ1v) is 8.41. The van der Waals surface area contributed by atoms with Gasteiger partial charge in [0.05, 0.1) is 0 Å². The first-order valence-electron chi connectivity index (χ1n) is 6.86. The molecule has 0 fully saturated rings. The molecule has 0 saturated heterocycles. The van der Waals surface area contributed by atoms with Gasteiger partial charge in [0.2, 0.25) is 11.9 Å². The number of carbonyl (C=O) groups excluding carboxylic acids is 1. The van der Waals surface area contributed by atoms with Gasteiger partial charge in [-0.3, -0.25) is 10.1 Å². The van der Waals surface area contributed by atoms with Gasteiger partial charge in [-0.1, -0.05) is 12.1 Å². The van der Waals surface area contributed by atoms with E-state index in [2.05, 4.69) is 20.1 Å². The summed E-state index contributed by atoms with van der Waals surface area (Å²) in [5.74, 6) is 0.0546. The average molecular weight is 329 g/mol. The van der Waals surface area contributed by atoms with Crippen LogP contribution in [0.3, 0.4) is 0 Å². The minimum atomic E-state index is -1.12. The van der Waals surface area contributed by atoms with Crippen LogP contribution >= 0.6 is 0 Å². The van der Waals surface area contributed by atoms with Crippen LogP contribution in [0.2, 0.25) is 0 Å². The second kappa shape index (κ2) is 6.17. The fourth-order valence-corrected chi connectivity index (χ4v) is 2.65. The SMILES string of the molecule is CC(=O)Nc1nc2ccc(-c3cccc(NS(C)=O)c3)cn2n1. The number of benzene rings is 1. The molecule has 2 heterocycles. The molecule has 0 radical (unpaired) electrons. The van der Waals surface area contributed by atoms with Crippen molar-refractivity contribution in [3.05, 3.63) is 42.6 Å². The van der Waals surface area contributed by atoms with Gasteiger partial charge in [-0.2, -0.15) is 4.98 Å². The highest BCUT2D eigenvalue weighted by Gasteiger charge is 2.07. The summed E-state index contributed by atoms with van der Waals surface area (Å²) in [5, 5.41) is 6.78. The highest BCUT2D eigenvalue weighted by atomic mass is 32.2. The molecular formula is C15H15N5O2S. The molecule has 7 nitrogen and oxygen atoms in total. The standard InChI is InChI=1S/C15H15N5O2S/c1-10(21)16-15-17-14-7-6-12(9-20(14)18-15)11-4-3-5-13(8-11)19-23(2)22/h3-9,19H,1-2H3,(H,16,18,21). The molecule has 0 saturated carbocycles. The molecule has 0 aliphatic carbocycles. The Hall–Kier alpha value is -2.74. The van der Waals surface area contributed by atoms with Crippen LogP contribution in [0, 0.1) is 0 Å². The summed E-state index contributed by atoms with van der Waals surface area (Å²) >= 11 is 0. The van der Waals surface area contributed by atoms with Crippen LogP contribution in [-0.2, 0) is 15.8 Å². The number of nitrogens with one attached hydrogen (secondary N) is 2. The molecule has 1 amide bonds. The highest BCUT2D eigenvalue weighted by Crippen LogP contribution is 2.23. The Balaban J connectivity index is 1.96. The Labute approximate surface area is 135 Å². The third-order valence-electron chi connectivity index (χ3n) is 3.08. The van der Waals surface area contributed by atoms with Gasteiger partial charge in [0.1, 0.15) is 11.0 Å². The van der Waals surface area contributed by atoms with Crippen molar-refractivity contribution < 1.29 is 9.00 Å². The Kier molecular flexibility index (Phi) is 4.07. The number of nitrogens with zero attached hydrogens (tertiary/aromatic N) is 3. The van der Waals surface area contributed by atoms with Crippen molar-refractivity contribution in [2.45, 2.75) is 6.92 Å². The van der Waals surface area contributed by atoms with E-state index in [4.69, 9.17) is 0 Å². The molecule has 1 atom stereocenters. The lowest BCUT2D eigenvalue weighted by molar-refractivity contribution is -0.114. The molecule has 8 heteroatoms. The van der Waals surface area contributed by atoms with Gasteiger partial charge in [0.15, 0.2) is 5.65 Å². The Morgan fingerprint density at radius 2 is 2.04 bits per heavy atom. The number of hydrogen-bond donors (Lipinski definition) is 2. The van der Waals surface area contributed by atoms with Crippen molar-refractivity contribution in [1.82, 2.24) is 14.6 Å². The maximum absolute atomic E-state index is 11.3. The molecule has 2 N–H and O–H groups in total. The quantitative estimate of drug-likeness (QED) is 0.767. The Bertz CT molecular complexity index is 906. The Morgan fingerprint density at radius 1 is 1.22 bits per heavy atom. The lowest BCUT2D eigenvalue weighted by Gasteiger charge is -2.06. The topological polar surface area (TPSA) is 88.4 Å². The number of aromatic nitrogens is 3. The Morgan fingerprint density at radius 3 is 2.78 bits per heavy atom. The summed E-state index contributed by atoms with van der Waals surface area (Å²) in [6.07, 6.45) is 3.41. The zero-order valence-electron chi connectivity index (χ0n) is 12.6. The van der Waals surface area contributed by atoms with Crippen LogP contribution in [0.1, 0.15) is 6.92 Å². The first kappa shape index (κ1) is 15.2. The molecule has 118 valence electrons. The number of anilines is 2. The number of rotatable bonds is 4. The summed E-state index contributed by atoms with van der Waals surface area (Å²) in [4.78, 5) is 15.3. The highest BCUT2D eigenvalue weighted by molar-refractivity contribution is 7.85. The molecule has 23 heavy (non-hydrogen) atoms. The van der Waals surface area contributed by atoms with Gasteiger partial charge in [-0.05, 0) is 29.8 Å². The van der Waals surface area contributed by atoms with Crippen LogP contribution in [0.4, 0.5) is 11.6 Å². The normalized spacial score (nSPS) is 12.1. The lowest BCUT2D eigenvalue weighted by atomic mass is 10.1. The van der Waals surface area contributed by atoms with Crippen molar-refractivity contribution in [1.29, 1.82) is 0 Å². The second-order valence-corrected chi connectivity index (χ2v) is 6.09. The summed E-state index contributed by atoms with van der Waals surface area (Å²) < 4.78 is 15.7. The molecule has 0 aliphatic rings. The van der Waals surface area contributed by atoms with Crippen LogP contribution in [0.25, 0.3) is 16.8 Å². The molecular weight excluding hydrogens is 314 g/mol. The van der Waals surface area contributed by atoms with Crippen LogP contribution < -0.4 is 10.0 Å².